The molecule has 1 aliphatic carbocycles. The maximum absolute atomic E-state index is 12.7. The fraction of sp³-hybridized carbons (Fsp3) is 0.375. The number of amides is 1. The molecule has 1 saturated carbocycles. The van der Waals surface area contributed by atoms with E-state index < -0.39 is 0 Å². The highest BCUT2D eigenvalue weighted by Gasteiger charge is 2.37. The molecule has 110 valence electrons. The van der Waals surface area contributed by atoms with Crippen LogP contribution in [-0.4, -0.2) is 21.2 Å². The van der Waals surface area contributed by atoms with Crippen LogP contribution in [0.4, 0.5) is 0 Å². The second-order valence-electron chi connectivity index (χ2n) is 5.37. The molecule has 0 radical (unpaired) electrons. The summed E-state index contributed by atoms with van der Waals surface area (Å²) >= 11 is 9.19. The molecule has 0 unspecified atom stereocenters. The average Bonchev–Trinajstić information content (AvgIpc) is 2.77. The zero-order valence-corrected chi connectivity index (χ0v) is 15.3. The van der Waals surface area contributed by atoms with Crippen LogP contribution in [0.15, 0.2) is 29.2 Å². The molecule has 5 heteroatoms. The molecule has 0 aromatic heterocycles. The van der Waals surface area contributed by atoms with Gasteiger partial charge in [-0.1, -0.05) is 61.4 Å². The Morgan fingerprint density at radius 3 is 2.67 bits per heavy atom. The van der Waals surface area contributed by atoms with E-state index in [1.54, 1.807) is 0 Å². The Bertz CT molecular complexity index is 608. The third-order valence-corrected chi connectivity index (χ3v) is 6.27. The molecule has 1 saturated heterocycles. The molecular weight excluding hydrogens is 413 g/mol. The van der Waals surface area contributed by atoms with E-state index in [0.717, 1.165) is 31.2 Å². The summed E-state index contributed by atoms with van der Waals surface area (Å²) in [5.41, 5.74) is 1.09. The molecule has 1 aromatic carbocycles. The summed E-state index contributed by atoms with van der Waals surface area (Å²) in [6, 6.07) is 8.40. The van der Waals surface area contributed by atoms with Crippen LogP contribution >= 0.6 is 46.6 Å². The third kappa shape index (κ3) is 3.35. The van der Waals surface area contributed by atoms with Crippen molar-refractivity contribution in [3.05, 3.63) is 38.3 Å². The van der Waals surface area contributed by atoms with Gasteiger partial charge in [-0.2, -0.15) is 0 Å². The molecule has 1 heterocycles. The molecule has 3 rings (SSSR count). The zero-order valence-electron chi connectivity index (χ0n) is 11.5. The SMILES string of the molecule is O=C1C(=Cc2ccccc2I)SC(=S)N1C1CCCCC1. The Kier molecular flexibility index (Phi) is 5.01. The van der Waals surface area contributed by atoms with Gasteiger partial charge in [0.25, 0.3) is 5.91 Å². The van der Waals surface area contributed by atoms with E-state index in [1.165, 1.54) is 31.0 Å². The predicted molar refractivity (Wildman–Crippen MR) is 101 cm³/mol. The molecular formula is C16H16INOS2. The molecule has 1 aromatic rings. The van der Waals surface area contributed by atoms with Crippen molar-refractivity contribution in [1.29, 1.82) is 0 Å². The van der Waals surface area contributed by atoms with Crippen LogP contribution in [-0.2, 0) is 4.79 Å². The van der Waals surface area contributed by atoms with Crippen LogP contribution in [0, 0.1) is 3.57 Å². The number of hydrogen-bond donors (Lipinski definition) is 0. The first-order valence-electron chi connectivity index (χ1n) is 7.18. The lowest BCUT2D eigenvalue weighted by Gasteiger charge is -2.29. The number of hydrogen-bond acceptors (Lipinski definition) is 3. The van der Waals surface area contributed by atoms with E-state index in [9.17, 15) is 4.79 Å². The average molecular weight is 429 g/mol. The van der Waals surface area contributed by atoms with Gasteiger partial charge in [0.15, 0.2) is 0 Å². The minimum Gasteiger partial charge on any atom is -0.290 e. The molecule has 2 aliphatic rings. The van der Waals surface area contributed by atoms with Crippen molar-refractivity contribution in [1.82, 2.24) is 4.90 Å². The molecule has 2 fully saturated rings. The van der Waals surface area contributed by atoms with E-state index >= 15 is 0 Å². The normalized spacial score (nSPS) is 22.3. The summed E-state index contributed by atoms with van der Waals surface area (Å²) in [5.74, 6) is 0.0940. The second kappa shape index (κ2) is 6.79. The van der Waals surface area contributed by atoms with E-state index in [0.29, 0.717) is 6.04 Å². The van der Waals surface area contributed by atoms with Gasteiger partial charge in [-0.05, 0) is 53.1 Å². The van der Waals surface area contributed by atoms with Crippen molar-refractivity contribution in [2.75, 3.05) is 0 Å². The first kappa shape index (κ1) is 15.5. The predicted octanol–water partition coefficient (Wildman–Crippen LogP) is 4.83. The van der Waals surface area contributed by atoms with Gasteiger partial charge >= 0.3 is 0 Å². The van der Waals surface area contributed by atoms with Crippen molar-refractivity contribution < 1.29 is 4.79 Å². The minimum atomic E-state index is 0.0940. The van der Waals surface area contributed by atoms with Gasteiger partial charge in [-0.25, -0.2) is 0 Å². The summed E-state index contributed by atoms with van der Waals surface area (Å²) < 4.78 is 1.88. The summed E-state index contributed by atoms with van der Waals surface area (Å²) in [5, 5.41) is 0. The Morgan fingerprint density at radius 2 is 1.95 bits per heavy atom. The van der Waals surface area contributed by atoms with Gasteiger partial charge in [-0.15, -0.1) is 0 Å². The lowest BCUT2D eigenvalue weighted by atomic mass is 9.94. The van der Waals surface area contributed by atoms with Gasteiger partial charge < -0.3 is 0 Å². The number of halogens is 1. The van der Waals surface area contributed by atoms with Crippen molar-refractivity contribution in [3.63, 3.8) is 0 Å². The van der Waals surface area contributed by atoms with E-state index in [-0.39, 0.29) is 5.91 Å². The van der Waals surface area contributed by atoms with Gasteiger partial charge in [0.05, 0.1) is 4.91 Å². The van der Waals surface area contributed by atoms with Crippen molar-refractivity contribution in [3.8, 4) is 0 Å². The molecule has 0 atom stereocenters. The summed E-state index contributed by atoms with van der Waals surface area (Å²) in [6.07, 6.45) is 7.84. The highest BCUT2D eigenvalue weighted by molar-refractivity contribution is 14.1. The summed E-state index contributed by atoms with van der Waals surface area (Å²) in [6.45, 7) is 0. The number of nitrogens with zero attached hydrogens (tertiary/aromatic N) is 1. The molecule has 21 heavy (non-hydrogen) atoms. The Morgan fingerprint density at radius 1 is 1.24 bits per heavy atom. The molecule has 2 nitrogen and oxygen atoms in total. The highest BCUT2D eigenvalue weighted by Crippen LogP contribution is 2.37. The Balaban J connectivity index is 1.84. The number of thiocarbonyl (C=S) groups is 1. The topological polar surface area (TPSA) is 20.3 Å². The number of rotatable bonds is 2. The number of benzene rings is 1. The van der Waals surface area contributed by atoms with Crippen LogP contribution in [0.2, 0.25) is 0 Å². The molecule has 1 amide bonds. The number of carbonyl (C=O) groups excluding carboxylic acids is 1. The van der Waals surface area contributed by atoms with Crippen LogP contribution in [0.5, 0.6) is 0 Å². The minimum absolute atomic E-state index is 0.0940. The van der Waals surface area contributed by atoms with Crippen molar-refractivity contribution in [2.45, 2.75) is 38.1 Å². The summed E-state index contributed by atoms with van der Waals surface area (Å²) in [4.78, 5) is 15.3. The van der Waals surface area contributed by atoms with Gasteiger partial charge in [0, 0.05) is 9.61 Å². The van der Waals surface area contributed by atoms with E-state index in [2.05, 4.69) is 22.6 Å². The fourth-order valence-electron chi connectivity index (χ4n) is 2.87. The molecule has 0 spiro atoms. The van der Waals surface area contributed by atoms with Crippen LogP contribution < -0.4 is 0 Å². The standard InChI is InChI=1S/C16H16INOS2/c17-13-9-5-4-6-11(13)10-14-15(19)18(16(20)21-14)12-7-2-1-3-8-12/h4-6,9-10,12H,1-3,7-8H2. The fourth-order valence-corrected chi connectivity index (χ4v) is 4.80. The second-order valence-corrected chi connectivity index (χ2v) is 8.20. The first-order valence-corrected chi connectivity index (χ1v) is 9.49. The first-order chi connectivity index (χ1) is 10.2. The zero-order chi connectivity index (χ0) is 14.8. The monoisotopic (exact) mass is 429 g/mol. The maximum atomic E-state index is 12.7. The van der Waals surface area contributed by atoms with Gasteiger partial charge in [-0.3, -0.25) is 9.69 Å². The van der Waals surface area contributed by atoms with Crippen LogP contribution in [0.3, 0.4) is 0 Å². The highest BCUT2D eigenvalue weighted by atomic mass is 127. The number of thioether (sulfide) groups is 1. The third-order valence-electron chi connectivity index (χ3n) is 3.96. The van der Waals surface area contributed by atoms with Gasteiger partial charge in [0.2, 0.25) is 0 Å². The van der Waals surface area contributed by atoms with Crippen LogP contribution in [0.25, 0.3) is 6.08 Å². The van der Waals surface area contributed by atoms with Crippen molar-refractivity contribution >= 4 is 62.9 Å². The Hall–Kier alpha value is -0.400. The maximum Gasteiger partial charge on any atom is 0.266 e. The lowest BCUT2D eigenvalue weighted by molar-refractivity contribution is -0.124. The largest absolute Gasteiger partial charge is 0.290 e. The Labute approximate surface area is 148 Å². The van der Waals surface area contributed by atoms with Crippen molar-refractivity contribution in [2.24, 2.45) is 0 Å². The molecule has 0 bridgehead atoms. The van der Waals surface area contributed by atoms with Crippen LogP contribution in [0.1, 0.15) is 37.7 Å². The lowest BCUT2D eigenvalue weighted by Crippen LogP contribution is -2.39. The molecule has 1 aliphatic heterocycles. The summed E-state index contributed by atoms with van der Waals surface area (Å²) in [7, 11) is 0. The number of carbonyl (C=O) groups is 1. The van der Waals surface area contributed by atoms with Gasteiger partial charge in [0.1, 0.15) is 4.32 Å². The quantitative estimate of drug-likeness (QED) is 0.382. The smallest absolute Gasteiger partial charge is 0.266 e. The van der Waals surface area contributed by atoms with E-state index in [4.69, 9.17) is 12.2 Å². The molecule has 0 N–H and O–H groups in total. The van der Waals surface area contributed by atoms with E-state index in [1.807, 2.05) is 35.2 Å².